The lowest BCUT2D eigenvalue weighted by atomic mass is 10.1. The van der Waals surface area contributed by atoms with E-state index in [2.05, 4.69) is 15.3 Å². The number of anilines is 3. The molecule has 4 N–H and O–H groups in total. The second-order valence-corrected chi connectivity index (χ2v) is 4.47. The van der Waals surface area contributed by atoms with Gasteiger partial charge in [0.15, 0.2) is 0 Å². The largest absolute Gasteiger partial charge is 0.478 e. The minimum absolute atomic E-state index is 0.0240. The lowest BCUT2D eigenvalue weighted by molar-refractivity contribution is 0.0697. The summed E-state index contributed by atoms with van der Waals surface area (Å²) in [5.74, 6) is -0.844. The number of nitrogens with zero attached hydrogens (tertiary/aromatic N) is 2. The normalized spacial score (nSPS) is 10.5. The lowest BCUT2D eigenvalue weighted by Crippen LogP contribution is -2.06. The summed E-state index contributed by atoms with van der Waals surface area (Å²) in [5.41, 5.74) is 7.46. The highest BCUT2D eigenvalue weighted by molar-refractivity contribution is 5.98. The topological polar surface area (TPSA) is 101 Å². The maximum atomic E-state index is 11.3. The molecular formula is C15H12N4O2. The van der Waals surface area contributed by atoms with E-state index in [1.807, 2.05) is 30.3 Å². The Balaban J connectivity index is 2.09. The number of benzene rings is 1. The third-order valence-electron chi connectivity index (χ3n) is 3.04. The molecule has 0 radical (unpaired) electrons. The fourth-order valence-corrected chi connectivity index (χ4v) is 2.08. The minimum atomic E-state index is -1.09. The van der Waals surface area contributed by atoms with Crippen molar-refractivity contribution in [3.05, 3.63) is 54.4 Å². The van der Waals surface area contributed by atoms with Crippen LogP contribution in [0.2, 0.25) is 0 Å². The molecule has 0 unspecified atom stereocenters. The number of carboxylic acid groups (broad SMARTS) is 1. The van der Waals surface area contributed by atoms with Gasteiger partial charge in [-0.1, -0.05) is 6.07 Å². The molecule has 0 saturated carbocycles. The quantitative estimate of drug-likeness (QED) is 0.681. The fourth-order valence-electron chi connectivity index (χ4n) is 2.08. The molecule has 0 fully saturated rings. The number of hydrogen-bond acceptors (Lipinski definition) is 5. The van der Waals surface area contributed by atoms with E-state index >= 15 is 0 Å². The van der Waals surface area contributed by atoms with Gasteiger partial charge in [-0.25, -0.2) is 9.78 Å². The first-order chi connectivity index (χ1) is 10.1. The van der Waals surface area contributed by atoms with Gasteiger partial charge >= 0.3 is 5.97 Å². The summed E-state index contributed by atoms with van der Waals surface area (Å²) in [4.78, 5) is 19.6. The zero-order chi connectivity index (χ0) is 14.8. The van der Waals surface area contributed by atoms with Crippen LogP contribution in [0, 0.1) is 0 Å². The van der Waals surface area contributed by atoms with Gasteiger partial charge in [-0.15, -0.1) is 0 Å². The van der Waals surface area contributed by atoms with E-state index in [1.165, 1.54) is 12.3 Å². The Morgan fingerprint density at radius 3 is 2.86 bits per heavy atom. The number of carbonyl (C=O) groups is 1. The fraction of sp³-hybridized carbons (Fsp3) is 0. The minimum Gasteiger partial charge on any atom is -0.478 e. The molecule has 0 bridgehead atoms. The molecule has 6 nitrogen and oxygen atoms in total. The maximum absolute atomic E-state index is 11.3. The summed E-state index contributed by atoms with van der Waals surface area (Å²) >= 11 is 0. The van der Waals surface area contributed by atoms with Crippen molar-refractivity contribution in [1.29, 1.82) is 0 Å². The molecule has 0 saturated heterocycles. The van der Waals surface area contributed by atoms with Crippen molar-refractivity contribution in [2.24, 2.45) is 0 Å². The number of nitrogens with two attached hydrogens (primary N) is 1. The number of aromatic carboxylic acids is 1. The van der Waals surface area contributed by atoms with E-state index in [0.29, 0.717) is 5.69 Å². The highest BCUT2D eigenvalue weighted by Gasteiger charge is 2.13. The van der Waals surface area contributed by atoms with E-state index < -0.39 is 5.97 Å². The van der Waals surface area contributed by atoms with Gasteiger partial charge in [0.05, 0.1) is 17.4 Å². The van der Waals surface area contributed by atoms with Crippen molar-refractivity contribution in [3.63, 3.8) is 0 Å². The number of pyridine rings is 2. The number of rotatable bonds is 3. The average molecular weight is 280 g/mol. The van der Waals surface area contributed by atoms with E-state index in [-0.39, 0.29) is 11.4 Å². The predicted molar refractivity (Wildman–Crippen MR) is 80.6 cm³/mol. The highest BCUT2D eigenvalue weighted by atomic mass is 16.4. The van der Waals surface area contributed by atoms with Crippen LogP contribution >= 0.6 is 0 Å². The SMILES string of the molecule is Nc1cnc(Nc2cccc3ncccc23)c(C(=O)O)c1. The van der Waals surface area contributed by atoms with Crippen LogP contribution in [0.5, 0.6) is 0 Å². The molecule has 0 aliphatic heterocycles. The van der Waals surface area contributed by atoms with Crippen LogP contribution in [0.4, 0.5) is 17.2 Å². The van der Waals surface area contributed by atoms with Gasteiger partial charge in [0.2, 0.25) is 0 Å². The van der Waals surface area contributed by atoms with Gasteiger partial charge in [0, 0.05) is 17.3 Å². The van der Waals surface area contributed by atoms with E-state index in [9.17, 15) is 9.90 Å². The van der Waals surface area contributed by atoms with Crippen LogP contribution in [-0.4, -0.2) is 21.0 Å². The highest BCUT2D eigenvalue weighted by Crippen LogP contribution is 2.26. The zero-order valence-corrected chi connectivity index (χ0v) is 10.9. The summed E-state index contributed by atoms with van der Waals surface area (Å²) in [5, 5.41) is 13.2. The number of nitrogen functional groups attached to an aromatic ring is 1. The molecule has 6 heteroatoms. The monoisotopic (exact) mass is 280 g/mol. The van der Waals surface area contributed by atoms with Crippen LogP contribution in [-0.2, 0) is 0 Å². The van der Waals surface area contributed by atoms with Crippen LogP contribution in [0.1, 0.15) is 10.4 Å². The van der Waals surface area contributed by atoms with Crippen LogP contribution in [0.25, 0.3) is 10.9 Å². The first kappa shape index (κ1) is 12.9. The molecule has 0 aliphatic rings. The van der Waals surface area contributed by atoms with Crippen molar-refractivity contribution >= 4 is 34.1 Å². The lowest BCUT2D eigenvalue weighted by Gasteiger charge is -2.11. The molecule has 0 spiro atoms. The molecule has 3 aromatic rings. The molecule has 0 atom stereocenters. The second kappa shape index (κ2) is 5.09. The average Bonchev–Trinajstić information content (AvgIpc) is 2.49. The summed E-state index contributed by atoms with van der Waals surface area (Å²) in [6.45, 7) is 0. The van der Waals surface area contributed by atoms with Crippen molar-refractivity contribution in [2.75, 3.05) is 11.1 Å². The van der Waals surface area contributed by atoms with Gasteiger partial charge in [-0.3, -0.25) is 4.98 Å². The molecular weight excluding hydrogens is 268 g/mol. The Hall–Kier alpha value is -3.15. The predicted octanol–water partition coefficient (Wildman–Crippen LogP) is 2.65. The summed E-state index contributed by atoms with van der Waals surface area (Å²) in [7, 11) is 0. The van der Waals surface area contributed by atoms with Crippen LogP contribution in [0.15, 0.2) is 48.8 Å². The molecule has 2 aromatic heterocycles. The van der Waals surface area contributed by atoms with Crippen molar-refractivity contribution in [1.82, 2.24) is 9.97 Å². The summed E-state index contributed by atoms with van der Waals surface area (Å²) in [6, 6.07) is 10.7. The van der Waals surface area contributed by atoms with Gasteiger partial charge in [0.1, 0.15) is 11.4 Å². The Kier molecular flexibility index (Phi) is 3.12. The smallest absolute Gasteiger partial charge is 0.339 e. The maximum Gasteiger partial charge on any atom is 0.339 e. The van der Waals surface area contributed by atoms with Crippen LogP contribution < -0.4 is 11.1 Å². The molecule has 2 heterocycles. The summed E-state index contributed by atoms with van der Waals surface area (Å²) < 4.78 is 0. The second-order valence-electron chi connectivity index (χ2n) is 4.47. The number of nitrogens with one attached hydrogen (secondary N) is 1. The zero-order valence-electron chi connectivity index (χ0n) is 10.9. The van der Waals surface area contributed by atoms with Crippen molar-refractivity contribution < 1.29 is 9.90 Å². The standard InChI is InChI=1S/C15H12N4O2/c16-9-7-11(15(20)21)14(18-8-9)19-13-5-1-4-12-10(13)3-2-6-17-12/h1-8H,16H2,(H,18,19)(H,20,21). The van der Waals surface area contributed by atoms with E-state index in [1.54, 1.807) is 6.20 Å². The Morgan fingerprint density at radius 1 is 1.19 bits per heavy atom. The molecule has 21 heavy (non-hydrogen) atoms. The number of aromatic nitrogens is 2. The molecule has 104 valence electrons. The Morgan fingerprint density at radius 2 is 2.05 bits per heavy atom. The van der Waals surface area contributed by atoms with Gasteiger partial charge in [0.25, 0.3) is 0 Å². The van der Waals surface area contributed by atoms with E-state index in [4.69, 9.17) is 5.73 Å². The molecule has 0 amide bonds. The third-order valence-corrected chi connectivity index (χ3v) is 3.04. The first-order valence-electron chi connectivity index (χ1n) is 6.25. The Bertz CT molecular complexity index is 828. The van der Waals surface area contributed by atoms with Crippen molar-refractivity contribution in [2.45, 2.75) is 0 Å². The van der Waals surface area contributed by atoms with Crippen molar-refractivity contribution in [3.8, 4) is 0 Å². The summed E-state index contributed by atoms with van der Waals surface area (Å²) in [6.07, 6.45) is 3.12. The van der Waals surface area contributed by atoms with Gasteiger partial charge < -0.3 is 16.2 Å². The van der Waals surface area contributed by atoms with E-state index in [0.717, 1.165) is 16.6 Å². The molecule has 3 rings (SSSR count). The Labute approximate surface area is 120 Å². The van der Waals surface area contributed by atoms with Gasteiger partial charge in [-0.2, -0.15) is 0 Å². The number of hydrogen-bond donors (Lipinski definition) is 3. The molecule has 0 aliphatic carbocycles. The molecule has 1 aromatic carbocycles. The third kappa shape index (κ3) is 2.46. The van der Waals surface area contributed by atoms with Gasteiger partial charge in [-0.05, 0) is 30.3 Å². The first-order valence-corrected chi connectivity index (χ1v) is 6.25. The number of fused-ring (bicyclic) bond motifs is 1. The van der Waals surface area contributed by atoms with Crippen LogP contribution in [0.3, 0.4) is 0 Å². The number of carboxylic acids is 1.